The van der Waals surface area contributed by atoms with E-state index in [1.54, 1.807) is 0 Å². The van der Waals surface area contributed by atoms with Crippen LogP contribution in [0.25, 0.3) is 5.82 Å². The molecule has 3 N–H and O–H groups in total. The normalized spacial score (nSPS) is 17.1. The number of amides is 1. The molecule has 0 saturated carbocycles. The van der Waals surface area contributed by atoms with Crippen molar-refractivity contribution < 1.29 is 23.8 Å². The van der Waals surface area contributed by atoms with Crippen molar-refractivity contribution in [1.29, 1.82) is 0 Å². The molecular formula is C20H23ClN10O6. The smallest absolute Gasteiger partial charge is 0.293 e. The van der Waals surface area contributed by atoms with Gasteiger partial charge in [-0.3, -0.25) is 19.8 Å². The minimum atomic E-state index is -0.671. The molecule has 3 aromatic rings. The highest BCUT2D eigenvalue weighted by Crippen LogP contribution is 2.37. The molecule has 0 aliphatic carbocycles. The summed E-state index contributed by atoms with van der Waals surface area (Å²) < 4.78 is 16.4. The van der Waals surface area contributed by atoms with Gasteiger partial charge in [0.15, 0.2) is 17.2 Å². The molecule has 37 heavy (non-hydrogen) atoms. The van der Waals surface area contributed by atoms with Crippen LogP contribution < -0.4 is 20.6 Å². The number of halogens is 1. The molecule has 1 unspecified atom stereocenters. The van der Waals surface area contributed by atoms with Crippen LogP contribution in [0.15, 0.2) is 21.9 Å². The lowest BCUT2D eigenvalue weighted by atomic mass is 10.0. The first-order chi connectivity index (χ1) is 17.4. The SMILES string of the molecule is CC1CCCCN1Cc1c(C(=O)N/N=C\c2cc3c(cc2[N+](=O)[O-])OCO3)nnn1-c1nonc1N.Cl. The van der Waals surface area contributed by atoms with Crippen LogP contribution in [-0.2, 0) is 6.54 Å². The zero-order chi connectivity index (χ0) is 25.2. The maximum atomic E-state index is 13.0. The van der Waals surface area contributed by atoms with Crippen LogP contribution in [0.1, 0.15) is 47.9 Å². The summed E-state index contributed by atoms with van der Waals surface area (Å²) in [6.45, 7) is 3.26. The average Bonchev–Trinajstić information content (AvgIpc) is 3.59. The van der Waals surface area contributed by atoms with Gasteiger partial charge in [-0.2, -0.15) is 9.78 Å². The number of carbonyl (C=O) groups excluding carboxylic acids is 1. The molecule has 0 spiro atoms. The number of aromatic nitrogens is 5. The van der Waals surface area contributed by atoms with Crippen LogP contribution in [0.2, 0.25) is 0 Å². The fraction of sp³-hybridized carbons (Fsp3) is 0.400. The predicted octanol–water partition coefficient (Wildman–Crippen LogP) is 1.43. The van der Waals surface area contributed by atoms with Gasteiger partial charge in [0, 0.05) is 12.6 Å². The van der Waals surface area contributed by atoms with Crippen molar-refractivity contribution in [3.05, 3.63) is 39.2 Å². The highest BCUT2D eigenvalue weighted by atomic mass is 35.5. The van der Waals surface area contributed by atoms with E-state index < -0.39 is 10.8 Å². The summed E-state index contributed by atoms with van der Waals surface area (Å²) in [5.74, 6) is 0.0370. The number of benzene rings is 1. The molecule has 1 saturated heterocycles. The van der Waals surface area contributed by atoms with Crippen LogP contribution in [-0.4, -0.2) is 66.6 Å². The van der Waals surface area contributed by atoms with E-state index in [9.17, 15) is 14.9 Å². The lowest BCUT2D eigenvalue weighted by molar-refractivity contribution is -0.385. The van der Waals surface area contributed by atoms with Gasteiger partial charge in [0.2, 0.25) is 18.4 Å². The third kappa shape index (κ3) is 5.14. The number of anilines is 1. The number of fused-ring (bicyclic) bond motifs is 1. The van der Waals surface area contributed by atoms with Crippen LogP contribution in [0.3, 0.4) is 0 Å². The zero-order valence-corrected chi connectivity index (χ0v) is 20.4. The molecule has 5 rings (SSSR count). The third-order valence-electron chi connectivity index (χ3n) is 6.06. The lowest BCUT2D eigenvalue weighted by Crippen LogP contribution is -2.38. The number of nitrogens with two attached hydrogens (primary N) is 1. The number of nitrogens with one attached hydrogen (secondary N) is 1. The van der Waals surface area contributed by atoms with E-state index in [1.165, 1.54) is 16.8 Å². The summed E-state index contributed by atoms with van der Waals surface area (Å²) in [4.78, 5) is 26.1. The minimum Gasteiger partial charge on any atom is -0.454 e. The second-order valence-corrected chi connectivity index (χ2v) is 8.31. The number of nitro benzene ring substituents is 1. The topological polar surface area (TPSA) is 202 Å². The van der Waals surface area contributed by atoms with E-state index in [2.05, 4.69) is 47.6 Å². The Labute approximate surface area is 215 Å². The molecule has 16 nitrogen and oxygen atoms in total. The van der Waals surface area contributed by atoms with Crippen LogP contribution in [0, 0.1) is 10.1 Å². The van der Waals surface area contributed by atoms with Gasteiger partial charge in [-0.1, -0.05) is 11.6 Å². The summed E-state index contributed by atoms with van der Waals surface area (Å²) in [6.07, 6.45) is 4.33. The van der Waals surface area contributed by atoms with Gasteiger partial charge in [-0.05, 0) is 42.7 Å². The van der Waals surface area contributed by atoms with Crippen LogP contribution >= 0.6 is 12.4 Å². The van der Waals surface area contributed by atoms with Crippen LogP contribution in [0.4, 0.5) is 11.5 Å². The summed E-state index contributed by atoms with van der Waals surface area (Å²) in [5, 5.41) is 30.7. The number of nitrogen functional groups attached to an aromatic ring is 1. The first-order valence-electron chi connectivity index (χ1n) is 11.1. The summed E-state index contributed by atoms with van der Waals surface area (Å²) >= 11 is 0. The quantitative estimate of drug-likeness (QED) is 0.251. The number of nitro groups is 1. The molecule has 1 fully saturated rings. The summed E-state index contributed by atoms with van der Waals surface area (Å²) in [7, 11) is 0. The maximum Gasteiger partial charge on any atom is 0.293 e. The average molecular weight is 535 g/mol. The van der Waals surface area contributed by atoms with E-state index in [1.807, 2.05) is 0 Å². The highest BCUT2D eigenvalue weighted by molar-refractivity contribution is 5.95. The predicted molar refractivity (Wildman–Crippen MR) is 129 cm³/mol. The van der Waals surface area contributed by atoms with E-state index in [-0.39, 0.29) is 59.6 Å². The molecule has 1 aromatic carbocycles. The van der Waals surface area contributed by atoms with Gasteiger partial charge < -0.3 is 15.2 Å². The minimum absolute atomic E-state index is 0. The fourth-order valence-electron chi connectivity index (χ4n) is 4.13. The standard InChI is InChI=1S/C20H22N10O6.ClH/c1-11-4-2-3-5-28(11)9-14-17(23-27-29(14)19-18(21)25-36-26-19)20(31)24-22-8-12-6-15-16(35-10-34-15)7-13(12)30(32)33;/h6-8,11H,2-5,9-10H2,1H3,(H2,21,25)(H,24,31);1H/b22-8-;. The molecule has 1 atom stereocenters. The number of hydrogen-bond acceptors (Lipinski definition) is 13. The van der Waals surface area contributed by atoms with Crippen molar-refractivity contribution in [2.24, 2.45) is 5.10 Å². The molecule has 2 aliphatic rings. The number of hydrazone groups is 1. The summed E-state index contributed by atoms with van der Waals surface area (Å²) in [6, 6.07) is 2.94. The molecule has 4 heterocycles. The summed E-state index contributed by atoms with van der Waals surface area (Å²) in [5.41, 5.74) is 8.48. The lowest BCUT2D eigenvalue weighted by Gasteiger charge is -2.33. The zero-order valence-electron chi connectivity index (χ0n) is 19.6. The van der Waals surface area contributed by atoms with E-state index in [0.717, 1.165) is 32.0 Å². The van der Waals surface area contributed by atoms with Crippen LogP contribution in [0.5, 0.6) is 11.5 Å². The first kappa shape index (κ1) is 25.8. The van der Waals surface area contributed by atoms with Gasteiger partial charge in [0.1, 0.15) is 0 Å². The number of piperidine rings is 1. The van der Waals surface area contributed by atoms with Crippen molar-refractivity contribution in [2.45, 2.75) is 38.8 Å². The second kappa shape index (κ2) is 10.8. The van der Waals surface area contributed by atoms with Crippen molar-refractivity contribution in [3.63, 3.8) is 0 Å². The number of carbonyl (C=O) groups is 1. The van der Waals surface area contributed by atoms with E-state index >= 15 is 0 Å². The van der Waals surface area contributed by atoms with Gasteiger partial charge in [0.25, 0.3) is 11.6 Å². The number of hydrogen-bond donors (Lipinski definition) is 2. The number of ether oxygens (including phenoxy) is 2. The third-order valence-corrected chi connectivity index (χ3v) is 6.06. The Hall–Kier alpha value is -4.31. The first-order valence-corrected chi connectivity index (χ1v) is 11.1. The molecule has 0 bridgehead atoms. The number of nitrogens with zero attached hydrogens (tertiary/aromatic N) is 8. The number of likely N-dealkylation sites (tertiary alicyclic amines) is 1. The Kier molecular flexibility index (Phi) is 7.49. The molecule has 2 aliphatic heterocycles. The molecule has 1 amide bonds. The Bertz CT molecular complexity index is 1340. The van der Waals surface area contributed by atoms with Crippen molar-refractivity contribution in [3.8, 4) is 17.3 Å². The van der Waals surface area contributed by atoms with Crippen molar-refractivity contribution in [2.75, 3.05) is 19.1 Å². The molecule has 2 aromatic heterocycles. The largest absolute Gasteiger partial charge is 0.454 e. The monoisotopic (exact) mass is 534 g/mol. The Morgan fingerprint density at radius 3 is 2.81 bits per heavy atom. The van der Waals surface area contributed by atoms with Gasteiger partial charge >= 0.3 is 0 Å². The van der Waals surface area contributed by atoms with Crippen molar-refractivity contribution in [1.82, 2.24) is 35.6 Å². The van der Waals surface area contributed by atoms with Gasteiger partial charge in [-0.15, -0.1) is 17.5 Å². The van der Waals surface area contributed by atoms with E-state index in [4.69, 9.17) is 15.2 Å². The molecule has 196 valence electrons. The molecular weight excluding hydrogens is 512 g/mol. The molecule has 17 heteroatoms. The fourth-order valence-corrected chi connectivity index (χ4v) is 4.13. The highest BCUT2D eigenvalue weighted by Gasteiger charge is 2.28. The molecule has 0 radical (unpaired) electrons. The van der Waals surface area contributed by atoms with Gasteiger partial charge in [-0.25, -0.2) is 10.1 Å². The van der Waals surface area contributed by atoms with Gasteiger partial charge in [0.05, 0.1) is 28.5 Å². The second-order valence-electron chi connectivity index (χ2n) is 8.31. The van der Waals surface area contributed by atoms with Crippen molar-refractivity contribution >= 4 is 36.0 Å². The Balaban J connectivity index is 0.00000320. The Morgan fingerprint density at radius 1 is 1.32 bits per heavy atom. The Morgan fingerprint density at radius 2 is 2.11 bits per heavy atom. The maximum absolute atomic E-state index is 13.0. The van der Waals surface area contributed by atoms with E-state index in [0.29, 0.717) is 18.0 Å². The number of rotatable bonds is 7.